The molecule has 31 heavy (non-hydrogen) atoms. The van der Waals surface area contributed by atoms with Gasteiger partial charge in [-0.3, -0.25) is 19.3 Å². The minimum atomic E-state index is -0.911. The van der Waals surface area contributed by atoms with E-state index in [1.165, 1.54) is 4.90 Å². The Kier molecular flexibility index (Phi) is 4.94. The Balaban J connectivity index is 1.47. The van der Waals surface area contributed by atoms with Gasteiger partial charge in [0.1, 0.15) is 6.04 Å². The average Bonchev–Trinajstić information content (AvgIpc) is 3.44. The fourth-order valence-corrected chi connectivity index (χ4v) is 5.49. The number of imide groups is 1. The minimum Gasteiger partial charge on any atom is -0.324 e. The van der Waals surface area contributed by atoms with Crippen molar-refractivity contribution in [1.82, 2.24) is 4.90 Å². The molecule has 2 aromatic carbocycles. The third-order valence-corrected chi connectivity index (χ3v) is 7.08. The van der Waals surface area contributed by atoms with Crippen LogP contribution >= 0.6 is 11.6 Å². The molecule has 5 atom stereocenters. The van der Waals surface area contributed by atoms with Crippen molar-refractivity contribution >= 4 is 35.0 Å². The zero-order chi connectivity index (χ0) is 21.7. The topological polar surface area (TPSA) is 66.5 Å². The molecule has 1 heterocycles. The van der Waals surface area contributed by atoms with Crippen molar-refractivity contribution in [3.63, 3.8) is 0 Å². The molecule has 2 aromatic rings. The molecule has 2 fully saturated rings. The number of amides is 3. The van der Waals surface area contributed by atoms with Gasteiger partial charge in [0.2, 0.25) is 17.7 Å². The van der Waals surface area contributed by atoms with Gasteiger partial charge in [-0.1, -0.05) is 60.2 Å². The number of halogens is 1. The summed E-state index contributed by atoms with van der Waals surface area (Å²) in [6.07, 6.45) is 5.24. The van der Waals surface area contributed by atoms with Gasteiger partial charge in [-0.15, -0.1) is 0 Å². The largest absolute Gasteiger partial charge is 0.324 e. The van der Waals surface area contributed by atoms with E-state index in [9.17, 15) is 14.4 Å². The maximum absolute atomic E-state index is 13.4. The second-order valence-electron chi connectivity index (χ2n) is 8.70. The molecule has 1 N–H and O–H groups in total. The van der Waals surface area contributed by atoms with E-state index in [-0.39, 0.29) is 47.8 Å². The molecule has 5 nitrogen and oxygen atoms in total. The Morgan fingerprint density at radius 3 is 2.35 bits per heavy atom. The summed E-state index contributed by atoms with van der Waals surface area (Å²) in [5.74, 6) is -1.27. The summed E-state index contributed by atoms with van der Waals surface area (Å²) in [5.41, 5.74) is 2.33. The van der Waals surface area contributed by atoms with Crippen molar-refractivity contribution in [1.29, 1.82) is 0 Å². The van der Waals surface area contributed by atoms with Crippen LogP contribution in [0.15, 0.2) is 60.7 Å². The van der Waals surface area contributed by atoms with Gasteiger partial charge >= 0.3 is 0 Å². The smallest absolute Gasteiger partial charge is 0.248 e. The summed E-state index contributed by atoms with van der Waals surface area (Å²) in [6, 6.07) is 13.8. The zero-order valence-electron chi connectivity index (χ0n) is 17.1. The fourth-order valence-electron chi connectivity index (χ4n) is 5.32. The molecule has 3 aliphatic rings. The lowest BCUT2D eigenvalue weighted by molar-refractivity contribution is -0.147. The SMILES string of the molecule is Cc1ccc(Cl)cc1NC(=O)[C@@H](Cc1ccccc1)N1C(=O)[C@@H]2[C@H](C1=O)[C@@H]1C=C[C@H]2C1. The van der Waals surface area contributed by atoms with Gasteiger partial charge in [0.25, 0.3) is 0 Å². The highest BCUT2D eigenvalue weighted by Crippen LogP contribution is 2.53. The Morgan fingerprint density at radius 1 is 1.06 bits per heavy atom. The maximum atomic E-state index is 13.4. The molecule has 1 saturated heterocycles. The molecule has 6 heteroatoms. The quantitative estimate of drug-likeness (QED) is 0.571. The van der Waals surface area contributed by atoms with E-state index in [4.69, 9.17) is 11.6 Å². The molecule has 2 aliphatic carbocycles. The number of rotatable bonds is 5. The third kappa shape index (κ3) is 3.37. The Hall–Kier alpha value is -2.92. The van der Waals surface area contributed by atoms with Gasteiger partial charge in [0.05, 0.1) is 11.8 Å². The van der Waals surface area contributed by atoms with Crippen LogP contribution < -0.4 is 5.32 Å². The van der Waals surface area contributed by atoms with Gasteiger partial charge < -0.3 is 5.32 Å². The van der Waals surface area contributed by atoms with E-state index in [1.54, 1.807) is 12.1 Å². The first-order valence-corrected chi connectivity index (χ1v) is 11.0. The first-order chi connectivity index (χ1) is 14.9. The van der Waals surface area contributed by atoms with E-state index >= 15 is 0 Å². The molecule has 0 spiro atoms. The fraction of sp³-hybridized carbons (Fsp3) is 0.320. The number of anilines is 1. The zero-order valence-corrected chi connectivity index (χ0v) is 17.9. The first kappa shape index (κ1) is 20.0. The number of nitrogens with one attached hydrogen (secondary N) is 1. The number of hydrogen-bond donors (Lipinski definition) is 1. The van der Waals surface area contributed by atoms with Gasteiger partial charge in [-0.25, -0.2) is 0 Å². The van der Waals surface area contributed by atoms with E-state index < -0.39 is 6.04 Å². The van der Waals surface area contributed by atoms with Crippen LogP contribution in [0.25, 0.3) is 0 Å². The number of nitrogens with zero attached hydrogens (tertiary/aromatic N) is 1. The van der Waals surface area contributed by atoms with Gasteiger partial charge in [0.15, 0.2) is 0 Å². The average molecular weight is 435 g/mol. The van der Waals surface area contributed by atoms with E-state index in [0.29, 0.717) is 10.7 Å². The first-order valence-electron chi connectivity index (χ1n) is 10.6. The highest BCUT2D eigenvalue weighted by Gasteiger charge is 2.61. The monoisotopic (exact) mass is 434 g/mol. The number of likely N-dealkylation sites (tertiary alicyclic amines) is 1. The standard InChI is InChI=1S/C25H23ClN2O3/c1-14-7-10-18(26)13-19(14)27-23(29)20(11-15-5-3-2-4-6-15)28-24(30)21-16-8-9-17(12-16)22(21)25(28)31/h2-10,13,16-17,20-22H,11-12H2,1H3,(H,27,29)/t16-,17+,20-,21-,22+/m1/s1. The van der Waals surface area contributed by atoms with Crippen molar-refractivity contribution in [3.05, 3.63) is 76.8 Å². The molecule has 158 valence electrons. The molecular formula is C25H23ClN2O3. The summed E-state index contributed by atoms with van der Waals surface area (Å²) in [6.45, 7) is 1.87. The van der Waals surface area contributed by atoms with Crippen LogP contribution in [0.2, 0.25) is 5.02 Å². The number of benzene rings is 2. The van der Waals surface area contributed by atoms with Crippen molar-refractivity contribution < 1.29 is 14.4 Å². The predicted octanol–water partition coefficient (Wildman–Crippen LogP) is 4.01. The molecule has 5 rings (SSSR count). The summed E-state index contributed by atoms with van der Waals surface area (Å²) in [7, 11) is 0. The van der Waals surface area contributed by atoms with Crippen LogP contribution in [0.5, 0.6) is 0 Å². The predicted molar refractivity (Wildman–Crippen MR) is 118 cm³/mol. The molecule has 1 saturated carbocycles. The van der Waals surface area contributed by atoms with Crippen LogP contribution in [-0.4, -0.2) is 28.7 Å². The number of fused-ring (bicyclic) bond motifs is 5. The highest BCUT2D eigenvalue weighted by molar-refractivity contribution is 6.31. The second kappa shape index (κ2) is 7.65. The van der Waals surface area contributed by atoms with Crippen molar-refractivity contribution in [2.24, 2.45) is 23.7 Å². The second-order valence-corrected chi connectivity index (χ2v) is 9.14. The van der Waals surface area contributed by atoms with E-state index in [1.807, 2.05) is 43.3 Å². The lowest BCUT2D eigenvalue weighted by Gasteiger charge is -2.27. The highest BCUT2D eigenvalue weighted by atomic mass is 35.5. The molecular weight excluding hydrogens is 412 g/mol. The minimum absolute atomic E-state index is 0.104. The third-order valence-electron chi connectivity index (χ3n) is 6.85. The van der Waals surface area contributed by atoms with Crippen molar-refractivity contribution in [2.45, 2.75) is 25.8 Å². The number of aryl methyl sites for hydroxylation is 1. The summed E-state index contributed by atoms with van der Waals surface area (Å²) in [4.78, 5) is 41.4. The molecule has 0 unspecified atom stereocenters. The van der Waals surface area contributed by atoms with Gasteiger partial charge in [-0.05, 0) is 48.4 Å². The van der Waals surface area contributed by atoms with Gasteiger partial charge in [0, 0.05) is 17.1 Å². The lowest BCUT2D eigenvalue weighted by atomic mass is 9.85. The van der Waals surface area contributed by atoms with Crippen molar-refractivity contribution in [2.75, 3.05) is 5.32 Å². The molecule has 2 bridgehead atoms. The van der Waals surface area contributed by atoms with Crippen LogP contribution in [0.3, 0.4) is 0 Å². The van der Waals surface area contributed by atoms with Crippen LogP contribution in [-0.2, 0) is 20.8 Å². The van der Waals surface area contributed by atoms with E-state index in [2.05, 4.69) is 17.5 Å². The Morgan fingerprint density at radius 2 is 1.71 bits per heavy atom. The van der Waals surface area contributed by atoms with Crippen LogP contribution in [0, 0.1) is 30.6 Å². The summed E-state index contributed by atoms with van der Waals surface area (Å²) >= 11 is 6.11. The molecule has 1 aliphatic heterocycles. The van der Waals surface area contributed by atoms with Crippen LogP contribution in [0.4, 0.5) is 5.69 Å². The Bertz CT molecular complexity index is 1070. The maximum Gasteiger partial charge on any atom is 0.248 e. The number of carbonyl (C=O) groups is 3. The Labute approximate surface area is 186 Å². The number of allylic oxidation sites excluding steroid dienone is 2. The summed E-state index contributed by atoms with van der Waals surface area (Å²) in [5, 5.41) is 3.41. The van der Waals surface area contributed by atoms with Crippen LogP contribution in [0.1, 0.15) is 17.5 Å². The lowest BCUT2D eigenvalue weighted by Crippen LogP contribution is -2.49. The van der Waals surface area contributed by atoms with Crippen molar-refractivity contribution in [3.8, 4) is 0 Å². The molecule has 0 aromatic heterocycles. The number of carbonyl (C=O) groups excluding carboxylic acids is 3. The van der Waals surface area contributed by atoms with E-state index in [0.717, 1.165) is 17.5 Å². The molecule has 0 radical (unpaired) electrons. The van der Waals surface area contributed by atoms with Gasteiger partial charge in [-0.2, -0.15) is 0 Å². The normalized spacial score (nSPS) is 27.0. The number of hydrogen-bond acceptors (Lipinski definition) is 3. The molecule has 3 amide bonds. The summed E-state index contributed by atoms with van der Waals surface area (Å²) < 4.78 is 0.